The van der Waals surface area contributed by atoms with Crippen molar-refractivity contribution in [2.45, 2.75) is 31.2 Å². The fourth-order valence-electron chi connectivity index (χ4n) is 6.26. The van der Waals surface area contributed by atoms with E-state index in [0.717, 1.165) is 23.1 Å². The van der Waals surface area contributed by atoms with E-state index >= 15 is 0 Å². The van der Waals surface area contributed by atoms with Gasteiger partial charge in [0.25, 0.3) is 5.91 Å². The van der Waals surface area contributed by atoms with Crippen molar-refractivity contribution in [3.63, 3.8) is 0 Å². The Kier molecular flexibility index (Phi) is 4.12. The Morgan fingerprint density at radius 2 is 1.87 bits per heavy atom. The molecule has 150 valence electrons. The number of nitrogens with zero attached hydrogens (tertiary/aromatic N) is 1. The molecule has 0 unspecified atom stereocenters. The van der Waals surface area contributed by atoms with Crippen LogP contribution in [0.4, 0.5) is 11.4 Å². The molecule has 0 saturated heterocycles. The highest BCUT2D eigenvalue weighted by atomic mass is 16.1. The van der Waals surface area contributed by atoms with Crippen molar-refractivity contribution >= 4 is 17.3 Å². The van der Waals surface area contributed by atoms with Gasteiger partial charge in [0.2, 0.25) is 0 Å². The average Bonchev–Trinajstić information content (AvgIpc) is 3.42. The number of hydrogen-bond acceptors (Lipinski definition) is 3. The van der Waals surface area contributed by atoms with Crippen LogP contribution >= 0.6 is 0 Å². The highest BCUT2D eigenvalue weighted by Crippen LogP contribution is 2.63. The molecule has 0 radical (unpaired) electrons. The zero-order valence-electron chi connectivity index (χ0n) is 16.8. The van der Waals surface area contributed by atoms with Crippen molar-refractivity contribution in [2.75, 3.05) is 10.6 Å². The molecule has 2 aliphatic carbocycles. The number of anilines is 2. The van der Waals surface area contributed by atoms with Crippen LogP contribution < -0.4 is 10.6 Å². The van der Waals surface area contributed by atoms with E-state index in [9.17, 15) is 4.79 Å². The van der Waals surface area contributed by atoms with Gasteiger partial charge < -0.3 is 10.6 Å². The summed E-state index contributed by atoms with van der Waals surface area (Å²) in [5.74, 6) is 2.59. The summed E-state index contributed by atoms with van der Waals surface area (Å²) in [6.07, 6.45) is 7.37. The van der Waals surface area contributed by atoms with Crippen LogP contribution in [0.1, 0.15) is 52.7 Å². The van der Waals surface area contributed by atoms with Gasteiger partial charge in [-0.1, -0.05) is 30.3 Å². The van der Waals surface area contributed by atoms with Gasteiger partial charge >= 0.3 is 0 Å². The van der Waals surface area contributed by atoms with E-state index in [1.807, 2.05) is 18.2 Å². The average molecular weight is 396 g/mol. The Bertz CT molecular complexity index is 1080. The van der Waals surface area contributed by atoms with Crippen LogP contribution in [0.25, 0.3) is 0 Å². The molecule has 2 fully saturated rings. The van der Waals surface area contributed by atoms with Crippen molar-refractivity contribution in [2.24, 2.45) is 17.8 Å². The van der Waals surface area contributed by atoms with Crippen molar-refractivity contribution in [3.05, 3.63) is 89.7 Å². The van der Waals surface area contributed by atoms with Crippen LogP contribution in [0, 0.1) is 17.8 Å². The number of pyridine rings is 1. The van der Waals surface area contributed by atoms with E-state index in [4.69, 9.17) is 0 Å². The van der Waals surface area contributed by atoms with Crippen molar-refractivity contribution in [1.82, 2.24) is 4.98 Å². The topological polar surface area (TPSA) is 54.0 Å². The van der Waals surface area contributed by atoms with Crippen molar-refractivity contribution < 1.29 is 4.79 Å². The number of carbonyl (C=O) groups excluding carboxylic acids is 1. The SMILES string of the molecule is O=C(Nc1cccnc1)c1ccc2c(c1)[C@@H]1[C@H]3CC[C@@H](C3)[C@H]1[C@H](c1ccccc1)N2. The Balaban J connectivity index is 1.36. The van der Waals surface area contributed by atoms with Crippen molar-refractivity contribution in [3.8, 4) is 0 Å². The number of hydrogen-bond donors (Lipinski definition) is 2. The fraction of sp³-hybridized carbons (Fsp3) is 0.308. The zero-order valence-corrected chi connectivity index (χ0v) is 16.8. The van der Waals surface area contributed by atoms with Gasteiger partial charge in [0.15, 0.2) is 0 Å². The van der Waals surface area contributed by atoms with Crippen LogP contribution in [-0.4, -0.2) is 10.9 Å². The summed E-state index contributed by atoms with van der Waals surface area (Å²) < 4.78 is 0. The highest BCUT2D eigenvalue weighted by Gasteiger charge is 2.53. The van der Waals surface area contributed by atoms with Crippen LogP contribution in [0.3, 0.4) is 0 Å². The third kappa shape index (κ3) is 2.82. The summed E-state index contributed by atoms with van der Waals surface area (Å²) in [6.45, 7) is 0. The molecule has 1 amide bonds. The molecule has 2 N–H and O–H groups in total. The normalized spacial score (nSPS) is 28.3. The molecule has 4 heteroatoms. The molecule has 2 aromatic carbocycles. The number of fused-ring (bicyclic) bond motifs is 7. The molecular formula is C26H25N3O. The first kappa shape index (κ1) is 17.7. The minimum atomic E-state index is -0.0734. The first-order chi connectivity index (χ1) is 14.8. The predicted molar refractivity (Wildman–Crippen MR) is 118 cm³/mol. The van der Waals surface area contributed by atoms with Gasteiger partial charge in [-0.15, -0.1) is 0 Å². The summed E-state index contributed by atoms with van der Waals surface area (Å²) in [5.41, 5.74) is 5.34. The minimum absolute atomic E-state index is 0.0734. The Morgan fingerprint density at radius 1 is 1.00 bits per heavy atom. The lowest BCUT2D eigenvalue weighted by Crippen LogP contribution is -2.35. The third-order valence-corrected chi connectivity index (χ3v) is 7.43. The number of amides is 1. The summed E-state index contributed by atoms with van der Waals surface area (Å²) >= 11 is 0. The molecule has 1 aromatic heterocycles. The van der Waals surface area contributed by atoms with E-state index in [1.165, 1.54) is 36.1 Å². The van der Waals surface area contributed by atoms with Crippen LogP contribution in [0.15, 0.2) is 73.1 Å². The maximum absolute atomic E-state index is 12.9. The third-order valence-electron chi connectivity index (χ3n) is 7.43. The van der Waals surface area contributed by atoms with Crippen molar-refractivity contribution in [1.29, 1.82) is 0 Å². The van der Waals surface area contributed by atoms with Gasteiger partial charge in [0, 0.05) is 17.4 Å². The van der Waals surface area contributed by atoms with E-state index in [-0.39, 0.29) is 5.91 Å². The van der Waals surface area contributed by atoms with Gasteiger partial charge in [-0.05, 0) is 84.4 Å². The molecule has 30 heavy (non-hydrogen) atoms. The zero-order chi connectivity index (χ0) is 20.1. The summed E-state index contributed by atoms with van der Waals surface area (Å²) in [6, 6.07) is 21.1. The number of benzene rings is 2. The summed E-state index contributed by atoms with van der Waals surface area (Å²) in [5, 5.41) is 6.82. The lowest BCUT2D eigenvalue weighted by atomic mass is 9.68. The van der Waals surface area contributed by atoms with E-state index in [2.05, 4.69) is 58.1 Å². The highest BCUT2D eigenvalue weighted by molar-refractivity contribution is 6.04. The fourth-order valence-corrected chi connectivity index (χ4v) is 6.26. The molecule has 1 aliphatic heterocycles. The molecule has 2 bridgehead atoms. The second-order valence-electron chi connectivity index (χ2n) is 8.97. The first-order valence-electron chi connectivity index (χ1n) is 10.9. The molecule has 5 atom stereocenters. The minimum Gasteiger partial charge on any atom is -0.378 e. The number of rotatable bonds is 3. The lowest BCUT2D eigenvalue weighted by Gasteiger charge is -2.43. The van der Waals surface area contributed by atoms with Crippen LogP contribution in [-0.2, 0) is 0 Å². The molecule has 2 saturated carbocycles. The van der Waals surface area contributed by atoms with Gasteiger partial charge in [-0.25, -0.2) is 0 Å². The first-order valence-corrected chi connectivity index (χ1v) is 10.9. The maximum Gasteiger partial charge on any atom is 0.255 e. The largest absolute Gasteiger partial charge is 0.378 e. The van der Waals surface area contributed by atoms with Gasteiger partial charge in [0.05, 0.1) is 17.9 Å². The number of nitrogens with one attached hydrogen (secondary N) is 2. The Morgan fingerprint density at radius 3 is 2.70 bits per heavy atom. The summed E-state index contributed by atoms with van der Waals surface area (Å²) in [7, 11) is 0. The monoisotopic (exact) mass is 395 g/mol. The smallest absolute Gasteiger partial charge is 0.255 e. The van der Waals surface area contributed by atoms with Gasteiger partial charge in [0.1, 0.15) is 0 Å². The molecule has 2 heterocycles. The lowest BCUT2D eigenvalue weighted by molar-refractivity contribution is 0.102. The van der Waals surface area contributed by atoms with Gasteiger partial charge in [-0.3, -0.25) is 9.78 Å². The maximum atomic E-state index is 12.9. The van der Waals surface area contributed by atoms with E-state index in [0.29, 0.717) is 17.9 Å². The quantitative estimate of drug-likeness (QED) is 0.604. The van der Waals surface area contributed by atoms with E-state index in [1.54, 1.807) is 12.4 Å². The second-order valence-corrected chi connectivity index (χ2v) is 8.97. The standard InChI is InChI=1S/C26H25N3O/c30-26(28-20-7-4-12-27-15-20)19-10-11-22-21(14-19)23-17-8-9-18(13-17)24(23)25(29-22)16-5-2-1-3-6-16/h1-7,10-12,14-15,17-18,23-25,29H,8-9,13H2,(H,28,30)/t17-,18-,23-,24+,25-/m0/s1. The molecule has 3 aliphatic rings. The molecular weight excluding hydrogens is 370 g/mol. The molecule has 6 rings (SSSR count). The molecule has 0 spiro atoms. The van der Waals surface area contributed by atoms with Crippen LogP contribution in [0.2, 0.25) is 0 Å². The second kappa shape index (κ2) is 6.98. The Labute approximate surface area is 176 Å². The predicted octanol–water partition coefficient (Wildman–Crippen LogP) is 5.63. The van der Waals surface area contributed by atoms with Gasteiger partial charge in [-0.2, -0.15) is 0 Å². The number of carbonyl (C=O) groups is 1. The molecule has 3 aromatic rings. The van der Waals surface area contributed by atoms with E-state index < -0.39 is 0 Å². The summed E-state index contributed by atoms with van der Waals surface area (Å²) in [4.78, 5) is 17.0. The number of aromatic nitrogens is 1. The molecule has 4 nitrogen and oxygen atoms in total. The van der Waals surface area contributed by atoms with Crippen LogP contribution in [0.5, 0.6) is 0 Å². The Hall–Kier alpha value is -3.14.